The summed E-state index contributed by atoms with van der Waals surface area (Å²) < 4.78 is 19.8. The highest BCUT2D eigenvalue weighted by Crippen LogP contribution is 2.46. The van der Waals surface area contributed by atoms with Crippen molar-refractivity contribution in [3.8, 4) is 17.0 Å². The van der Waals surface area contributed by atoms with Gasteiger partial charge in [-0.15, -0.1) is 0 Å². The number of halogens is 1. The lowest BCUT2D eigenvalue weighted by atomic mass is 9.73. The maximum absolute atomic E-state index is 13.5. The first-order valence-corrected chi connectivity index (χ1v) is 8.38. The highest BCUT2D eigenvalue weighted by atomic mass is 19.1. The molecule has 2 bridgehead atoms. The highest BCUT2D eigenvalue weighted by Gasteiger charge is 2.52. The fourth-order valence-corrected chi connectivity index (χ4v) is 4.53. The van der Waals surface area contributed by atoms with Crippen LogP contribution in [0.1, 0.15) is 18.4 Å². The normalized spacial score (nSPS) is 31.2. The van der Waals surface area contributed by atoms with E-state index in [1.165, 1.54) is 37.6 Å². The summed E-state index contributed by atoms with van der Waals surface area (Å²) in [6.07, 6.45) is 5.18. The quantitative estimate of drug-likeness (QED) is 0.808. The largest absolute Gasteiger partial charge is 0.469 e. The van der Waals surface area contributed by atoms with Crippen LogP contribution in [0.15, 0.2) is 36.5 Å². The third kappa shape index (κ3) is 2.08. The average molecular weight is 310 g/mol. The Hall–Kier alpha value is -1.94. The molecule has 0 aliphatic carbocycles. The molecular formula is C19H19FN2O. The molecule has 1 atom stereocenters. The van der Waals surface area contributed by atoms with Crippen molar-refractivity contribution in [2.75, 3.05) is 19.6 Å². The summed E-state index contributed by atoms with van der Waals surface area (Å²) in [5.41, 5.74) is 2.92. The summed E-state index contributed by atoms with van der Waals surface area (Å²) in [6.45, 7) is 3.42. The van der Waals surface area contributed by atoms with Crippen LogP contribution in [0.2, 0.25) is 0 Å². The Balaban J connectivity index is 1.49. The standard InChI is InChI=1S/C19H19FN2O/c20-17-3-1-2-13(9-17)15-8-14-10-19(23-18(14)21-11-15)12-22-6-4-16(19)5-7-22/h1-3,8-9,11,16H,4-7,10,12H2. The molecule has 4 aliphatic rings. The van der Waals surface area contributed by atoms with Crippen molar-refractivity contribution >= 4 is 0 Å². The van der Waals surface area contributed by atoms with E-state index < -0.39 is 0 Å². The Labute approximate surface area is 135 Å². The topological polar surface area (TPSA) is 25.4 Å². The minimum atomic E-state index is -0.215. The molecule has 3 saturated heterocycles. The molecule has 0 amide bonds. The van der Waals surface area contributed by atoms with Crippen LogP contribution < -0.4 is 4.74 Å². The lowest BCUT2D eigenvalue weighted by molar-refractivity contribution is -0.0814. The van der Waals surface area contributed by atoms with Gasteiger partial charge in [0.25, 0.3) is 0 Å². The first kappa shape index (κ1) is 13.5. The summed E-state index contributed by atoms with van der Waals surface area (Å²) in [6, 6.07) is 8.82. The molecule has 3 nitrogen and oxygen atoms in total. The SMILES string of the molecule is Fc1cccc(-c2cnc3c(c2)CC2(CN4CCC2CC4)O3)c1. The highest BCUT2D eigenvalue weighted by molar-refractivity contribution is 5.64. The summed E-state index contributed by atoms with van der Waals surface area (Å²) in [5, 5.41) is 0. The number of ether oxygens (including phenoxy) is 1. The van der Waals surface area contributed by atoms with Crippen molar-refractivity contribution in [3.05, 3.63) is 47.9 Å². The van der Waals surface area contributed by atoms with Crippen molar-refractivity contribution in [3.63, 3.8) is 0 Å². The van der Waals surface area contributed by atoms with Gasteiger partial charge < -0.3 is 4.74 Å². The molecule has 6 rings (SSSR count). The van der Waals surface area contributed by atoms with Crippen LogP contribution in [-0.4, -0.2) is 35.1 Å². The molecule has 2 aromatic rings. The molecule has 1 aromatic carbocycles. The number of hydrogen-bond donors (Lipinski definition) is 0. The minimum Gasteiger partial charge on any atom is -0.469 e. The molecule has 3 fully saturated rings. The Morgan fingerprint density at radius 1 is 1.17 bits per heavy atom. The summed E-state index contributed by atoms with van der Waals surface area (Å²) in [5.74, 6) is 1.20. The van der Waals surface area contributed by atoms with Gasteiger partial charge in [-0.05, 0) is 49.7 Å². The number of rotatable bonds is 1. The Kier molecular flexibility index (Phi) is 2.80. The van der Waals surface area contributed by atoms with E-state index in [0.29, 0.717) is 5.92 Å². The fraction of sp³-hybridized carbons (Fsp3) is 0.421. The fourth-order valence-electron chi connectivity index (χ4n) is 4.53. The van der Waals surface area contributed by atoms with E-state index in [4.69, 9.17) is 4.74 Å². The Bertz CT molecular complexity index is 770. The molecule has 1 unspecified atom stereocenters. The number of piperidine rings is 3. The van der Waals surface area contributed by atoms with Crippen LogP contribution in [0.4, 0.5) is 4.39 Å². The van der Waals surface area contributed by atoms with E-state index in [1.54, 1.807) is 18.3 Å². The molecule has 0 radical (unpaired) electrons. The molecule has 0 saturated carbocycles. The van der Waals surface area contributed by atoms with Crippen molar-refractivity contribution in [2.24, 2.45) is 5.92 Å². The van der Waals surface area contributed by atoms with Gasteiger partial charge in [0, 0.05) is 36.2 Å². The number of fused-ring (bicyclic) bond motifs is 3. The van der Waals surface area contributed by atoms with Gasteiger partial charge in [-0.3, -0.25) is 4.90 Å². The molecule has 4 aliphatic heterocycles. The zero-order valence-electron chi connectivity index (χ0n) is 13.0. The third-order valence-electron chi connectivity index (χ3n) is 5.70. The predicted molar refractivity (Wildman–Crippen MR) is 85.9 cm³/mol. The zero-order valence-corrected chi connectivity index (χ0v) is 13.0. The van der Waals surface area contributed by atoms with Gasteiger partial charge >= 0.3 is 0 Å². The van der Waals surface area contributed by atoms with E-state index in [-0.39, 0.29) is 11.4 Å². The molecule has 1 aromatic heterocycles. The van der Waals surface area contributed by atoms with Gasteiger partial charge in [0.15, 0.2) is 0 Å². The number of benzene rings is 1. The maximum atomic E-state index is 13.5. The summed E-state index contributed by atoms with van der Waals surface area (Å²) >= 11 is 0. The first-order chi connectivity index (χ1) is 11.2. The number of pyridine rings is 1. The van der Waals surface area contributed by atoms with Crippen LogP contribution in [0.3, 0.4) is 0 Å². The zero-order chi connectivity index (χ0) is 15.4. The van der Waals surface area contributed by atoms with E-state index in [9.17, 15) is 4.39 Å². The van der Waals surface area contributed by atoms with E-state index in [0.717, 1.165) is 30.0 Å². The van der Waals surface area contributed by atoms with Gasteiger partial charge in [0.05, 0.1) is 0 Å². The van der Waals surface area contributed by atoms with Crippen LogP contribution in [-0.2, 0) is 6.42 Å². The first-order valence-electron chi connectivity index (χ1n) is 8.38. The molecular weight excluding hydrogens is 291 g/mol. The summed E-state index contributed by atoms with van der Waals surface area (Å²) in [7, 11) is 0. The minimum absolute atomic E-state index is 0.0770. The molecule has 1 spiro atoms. The van der Waals surface area contributed by atoms with Gasteiger partial charge in [-0.1, -0.05) is 12.1 Å². The Morgan fingerprint density at radius 2 is 2.04 bits per heavy atom. The van der Waals surface area contributed by atoms with Crippen molar-refractivity contribution in [2.45, 2.75) is 24.9 Å². The van der Waals surface area contributed by atoms with Crippen molar-refractivity contribution < 1.29 is 9.13 Å². The van der Waals surface area contributed by atoms with E-state index in [2.05, 4.69) is 16.0 Å². The number of nitrogens with zero attached hydrogens (tertiary/aromatic N) is 2. The second kappa shape index (κ2) is 4.78. The van der Waals surface area contributed by atoms with Gasteiger partial charge in [0.2, 0.25) is 5.88 Å². The lowest BCUT2D eigenvalue weighted by Crippen LogP contribution is -2.61. The molecule has 0 N–H and O–H groups in total. The maximum Gasteiger partial charge on any atom is 0.217 e. The van der Waals surface area contributed by atoms with Crippen LogP contribution in [0.25, 0.3) is 11.1 Å². The number of hydrogen-bond acceptors (Lipinski definition) is 3. The van der Waals surface area contributed by atoms with Gasteiger partial charge in [-0.2, -0.15) is 0 Å². The lowest BCUT2D eigenvalue weighted by Gasteiger charge is -2.50. The summed E-state index contributed by atoms with van der Waals surface area (Å²) in [4.78, 5) is 7.05. The smallest absolute Gasteiger partial charge is 0.217 e. The second-order valence-corrected chi connectivity index (χ2v) is 7.09. The molecule has 4 heteroatoms. The van der Waals surface area contributed by atoms with Gasteiger partial charge in [0.1, 0.15) is 11.4 Å². The molecule has 23 heavy (non-hydrogen) atoms. The van der Waals surface area contributed by atoms with E-state index >= 15 is 0 Å². The van der Waals surface area contributed by atoms with Crippen LogP contribution >= 0.6 is 0 Å². The molecule has 5 heterocycles. The third-order valence-corrected chi connectivity index (χ3v) is 5.70. The second-order valence-electron chi connectivity index (χ2n) is 7.09. The monoisotopic (exact) mass is 310 g/mol. The van der Waals surface area contributed by atoms with Gasteiger partial charge in [-0.25, -0.2) is 9.37 Å². The predicted octanol–water partition coefficient (Wildman–Crippen LogP) is 3.29. The van der Waals surface area contributed by atoms with Crippen LogP contribution in [0, 0.1) is 11.7 Å². The van der Waals surface area contributed by atoms with E-state index in [1.807, 2.05) is 6.07 Å². The average Bonchev–Trinajstić information content (AvgIpc) is 2.92. The van der Waals surface area contributed by atoms with Crippen molar-refractivity contribution in [1.82, 2.24) is 9.88 Å². The number of aromatic nitrogens is 1. The molecule has 118 valence electrons. The van der Waals surface area contributed by atoms with Crippen LogP contribution in [0.5, 0.6) is 5.88 Å². The van der Waals surface area contributed by atoms with Crippen molar-refractivity contribution in [1.29, 1.82) is 0 Å². The Morgan fingerprint density at radius 3 is 2.78 bits per heavy atom.